The fourth-order valence-electron chi connectivity index (χ4n) is 3.36. The maximum absolute atomic E-state index is 12.3. The molecule has 2 aromatic rings. The van der Waals surface area contributed by atoms with Crippen LogP contribution in [0.15, 0.2) is 65.9 Å². The van der Waals surface area contributed by atoms with E-state index < -0.39 is 17.7 Å². The van der Waals surface area contributed by atoms with Crippen molar-refractivity contribution in [1.82, 2.24) is 5.01 Å². The van der Waals surface area contributed by atoms with Crippen LogP contribution in [0.5, 0.6) is 0 Å². The third-order valence-corrected chi connectivity index (χ3v) is 4.24. The molecule has 0 unspecified atom stereocenters. The number of carbonyl (C=O) groups is 1. The van der Waals surface area contributed by atoms with Crippen LogP contribution < -0.4 is 0 Å². The first-order chi connectivity index (χ1) is 11.1. The monoisotopic (exact) mass is 310 g/mol. The minimum absolute atomic E-state index is 0.0282. The summed E-state index contributed by atoms with van der Waals surface area (Å²) in [6, 6.07) is 18.5. The maximum Gasteiger partial charge on any atom is 0.434 e. The fourth-order valence-corrected chi connectivity index (χ4v) is 3.36. The second-order valence-corrected chi connectivity index (χ2v) is 5.95. The molecule has 0 aliphatic carbocycles. The Morgan fingerprint density at radius 1 is 1.00 bits per heavy atom. The quantitative estimate of drug-likeness (QED) is 0.799. The van der Waals surface area contributed by atoms with E-state index in [4.69, 9.17) is 4.74 Å². The predicted molar refractivity (Wildman–Crippen MR) is 86.4 cm³/mol. The van der Waals surface area contributed by atoms with Gasteiger partial charge in [-0.2, -0.15) is 5.01 Å². The van der Waals surface area contributed by atoms with Crippen molar-refractivity contribution in [3.05, 3.63) is 76.7 Å². The Balaban J connectivity index is 2.28. The SMILES string of the molecule is CC(C)[C@@H]1N(N=O)C(=O)OC1(c1ccccc1)c1ccccc1. The van der Waals surface area contributed by atoms with E-state index >= 15 is 0 Å². The minimum Gasteiger partial charge on any atom is -0.429 e. The molecule has 2 aromatic carbocycles. The summed E-state index contributed by atoms with van der Waals surface area (Å²) in [5.74, 6) is -0.0282. The summed E-state index contributed by atoms with van der Waals surface area (Å²) in [6.45, 7) is 3.90. The highest BCUT2D eigenvalue weighted by Gasteiger charge is 2.58. The largest absolute Gasteiger partial charge is 0.434 e. The van der Waals surface area contributed by atoms with Crippen LogP contribution in [-0.2, 0) is 10.3 Å². The molecular formula is C18H18N2O3. The van der Waals surface area contributed by atoms with E-state index in [9.17, 15) is 9.70 Å². The van der Waals surface area contributed by atoms with Crippen molar-refractivity contribution in [3.8, 4) is 0 Å². The molecule has 0 saturated carbocycles. The molecule has 1 aliphatic rings. The van der Waals surface area contributed by atoms with Gasteiger partial charge in [0.2, 0.25) is 0 Å². The first-order valence-corrected chi connectivity index (χ1v) is 7.57. The normalized spacial score (nSPS) is 19.7. The molecule has 1 atom stereocenters. The molecule has 0 spiro atoms. The van der Waals surface area contributed by atoms with Gasteiger partial charge in [0.15, 0.2) is 5.60 Å². The number of rotatable bonds is 4. The predicted octanol–water partition coefficient (Wildman–Crippen LogP) is 4.09. The molecule has 0 aromatic heterocycles. The van der Waals surface area contributed by atoms with Crippen LogP contribution in [0.1, 0.15) is 25.0 Å². The molecule has 1 fully saturated rings. The van der Waals surface area contributed by atoms with Gasteiger partial charge < -0.3 is 4.74 Å². The standard InChI is InChI=1S/C18H18N2O3/c1-13(2)16-18(14-9-5-3-6-10-14,15-11-7-4-8-12-15)23-17(21)20(16)19-22/h3-13,16H,1-2H3/t16-/m0/s1. The molecule has 5 heteroatoms. The number of nitroso groups, excluding NO2 is 1. The molecule has 5 nitrogen and oxygen atoms in total. The van der Waals surface area contributed by atoms with Crippen molar-refractivity contribution >= 4 is 6.09 Å². The lowest BCUT2D eigenvalue weighted by atomic mass is 9.76. The van der Waals surface area contributed by atoms with E-state index in [1.807, 2.05) is 74.5 Å². The molecule has 3 rings (SSSR count). The van der Waals surface area contributed by atoms with Crippen LogP contribution in [0.25, 0.3) is 0 Å². The maximum atomic E-state index is 12.3. The Morgan fingerprint density at radius 3 is 1.87 bits per heavy atom. The molecule has 0 N–H and O–H groups in total. The lowest BCUT2D eigenvalue weighted by molar-refractivity contribution is 0.0548. The van der Waals surface area contributed by atoms with Crippen LogP contribution in [-0.4, -0.2) is 17.1 Å². The Morgan fingerprint density at radius 2 is 1.48 bits per heavy atom. The topological polar surface area (TPSA) is 59.0 Å². The first kappa shape index (κ1) is 15.2. The number of hydrogen-bond donors (Lipinski definition) is 0. The molecule has 1 amide bonds. The number of nitrogens with zero attached hydrogens (tertiary/aromatic N) is 2. The summed E-state index contributed by atoms with van der Waals surface area (Å²) in [6.07, 6.45) is -0.716. The summed E-state index contributed by atoms with van der Waals surface area (Å²) < 4.78 is 5.79. The molecule has 23 heavy (non-hydrogen) atoms. The third kappa shape index (κ3) is 2.29. The lowest BCUT2D eigenvalue weighted by Crippen LogP contribution is -2.45. The first-order valence-electron chi connectivity index (χ1n) is 7.57. The van der Waals surface area contributed by atoms with E-state index in [0.717, 1.165) is 16.1 Å². The Bertz CT molecular complexity index is 661. The van der Waals surface area contributed by atoms with Crippen LogP contribution >= 0.6 is 0 Å². The fraction of sp³-hybridized carbons (Fsp3) is 0.278. The Kier molecular flexibility index (Phi) is 3.86. The second kappa shape index (κ2) is 5.83. The number of carbonyl (C=O) groups excluding carboxylic acids is 1. The second-order valence-electron chi connectivity index (χ2n) is 5.95. The third-order valence-electron chi connectivity index (χ3n) is 4.24. The zero-order chi connectivity index (χ0) is 16.4. The number of benzene rings is 2. The molecule has 1 heterocycles. The van der Waals surface area contributed by atoms with Gasteiger partial charge in [-0.3, -0.25) is 0 Å². The Hall–Kier alpha value is -2.69. The molecule has 0 radical (unpaired) electrons. The summed E-state index contributed by atoms with van der Waals surface area (Å²) >= 11 is 0. The summed E-state index contributed by atoms with van der Waals surface area (Å²) in [4.78, 5) is 23.6. The number of ether oxygens (including phenoxy) is 1. The molecule has 118 valence electrons. The van der Waals surface area contributed by atoms with Gasteiger partial charge in [0.05, 0.1) is 5.29 Å². The highest BCUT2D eigenvalue weighted by atomic mass is 16.6. The van der Waals surface area contributed by atoms with Gasteiger partial charge in [0, 0.05) is 11.1 Å². The summed E-state index contributed by atoms with van der Waals surface area (Å²) in [5, 5.41) is 3.85. The average Bonchev–Trinajstić information content (AvgIpc) is 2.90. The molecule has 0 bridgehead atoms. The molecule has 1 aliphatic heterocycles. The van der Waals surface area contributed by atoms with Crippen LogP contribution in [0.2, 0.25) is 0 Å². The van der Waals surface area contributed by atoms with Gasteiger partial charge >= 0.3 is 6.09 Å². The van der Waals surface area contributed by atoms with Gasteiger partial charge in [-0.25, -0.2) is 4.79 Å². The van der Waals surface area contributed by atoms with Gasteiger partial charge in [-0.15, -0.1) is 4.91 Å². The van der Waals surface area contributed by atoms with Crippen LogP contribution in [0.4, 0.5) is 4.79 Å². The van der Waals surface area contributed by atoms with E-state index in [1.54, 1.807) is 0 Å². The van der Waals surface area contributed by atoms with Gasteiger partial charge in [0.25, 0.3) is 0 Å². The van der Waals surface area contributed by atoms with E-state index in [2.05, 4.69) is 5.29 Å². The number of cyclic esters (lactones) is 1. The van der Waals surface area contributed by atoms with Crippen molar-refractivity contribution in [2.24, 2.45) is 11.2 Å². The van der Waals surface area contributed by atoms with Gasteiger partial charge in [-0.1, -0.05) is 74.5 Å². The number of hydrogen-bond acceptors (Lipinski definition) is 4. The molecular weight excluding hydrogens is 292 g/mol. The minimum atomic E-state index is -1.05. The van der Waals surface area contributed by atoms with E-state index in [1.165, 1.54) is 0 Å². The van der Waals surface area contributed by atoms with Crippen molar-refractivity contribution in [2.75, 3.05) is 0 Å². The lowest BCUT2D eigenvalue weighted by Gasteiger charge is -2.36. The van der Waals surface area contributed by atoms with Crippen molar-refractivity contribution in [1.29, 1.82) is 0 Å². The van der Waals surface area contributed by atoms with Crippen molar-refractivity contribution < 1.29 is 9.53 Å². The van der Waals surface area contributed by atoms with Crippen molar-refractivity contribution in [3.63, 3.8) is 0 Å². The summed E-state index contributed by atoms with van der Waals surface area (Å²) in [5.41, 5.74) is 0.593. The smallest absolute Gasteiger partial charge is 0.429 e. The van der Waals surface area contributed by atoms with Crippen LogP contribution in [0.3, 0.4) is 0 Å². The average molecular weight is 310 g/mol. The number of amides is 1. The highest BCUT2D eigenvalue weighted by molar-refractivity contribution is 5.73. The van der Waals surface area contributed by atoms with E-state index in [0.29, 0.717) is 0 Å². The van der Waals surface area contributed by atoms with Gasteiger partial charge in [0.1, 0.15) is 6.04 Å². The highest BCUT2D eigenvalue weighted by Crippen LogP contribution is 2.47. The van der Waals surface area contributed by atoms with E-state index in [-0.39, 0.29) is 5.92 Å². The Labute approximate surface area is 134 Å². The van der Waals surface area contributed by atoms with Gasteiger partial charge in [-0.05, 0) is 5.92 Å². The molecule has 1 saturated heterocycles. The summed E-state index contributed by atoms with van der Waals surface area (Å²) in [7, 11) is 0. The van der Waals surface area contributed by atoms with Crippen molar-refractivity contribution in [2.45, 2.75) is 25.5 Å². The zero-order valence-electron chi connectivity index (χ0n) is 13.0. The zero-order valence-corrected chi connectivity index (χ0v) is 13.0. The van der Waals surface area contributed by atoms with Crippen LogP contribution in [0, 0.1) is 10.8 Å².